The van der Waals surface area contributed by atoms with Crippen LogP contribution in [0.5, 0.6) is 0 Å². The second-order valence-corrected chi connectivity index (χ2v) is 2.16. The van der Waals surface area contributed by atoms with Crippen LogP contribution in [0.1, 0.15) is 6.92 Å². The molecule has 0 radical (unpaired) electrons. The van der Waals surface area contributed by atoms with Gasteiger partial charge in [0.1, 0.15) is 0 Å². The molecule has 82 valence electrons. The first-order chi connectivity index (χ1) is 6.99. The Bertz CT molecular complexity index is 276. The fraction of sp³-hybridized carbons (Fsp3) is 0.0909. The lowest BCUT2D eigenvalue weighted by atomic mass is 10.4. The molecular formula is C11H14O4. The third kappa shape index (κ3) is 11.9. The topological polar surface area (TPSA) is 52.6 Å². The van der Waals surface area contributed by atoms with E-state index < -0.39 is 11.9 Å². The van der Waals surface area contributed by atoms with Gasteiger partial charge in [-0.25, -0.2) is 9.59 Å². The Labute approximate surface area is 89.2 Å². The number of ether oxygens (including phenoxy) is 2. The van der Waals surface area contributed by atoms with E-state index in [-0.39, 0.29) is 0 Å². The maximum atomic E-state index is 10.3. The van der Waals surface area contributed by atoms with Gasteiger partial charge in [-0.2, -0.15) is 0 Å². The van der Waals surface area contributed by atoms with Crippen LogP contribution in [0.4, 0.5) is 0 Å². The van der Waals surface area contributed by atoms with Gasteiger partial charge in [0.15, 0.2) is 0 Å². The van der Waals surface area contributed by atoms with E-state index in [2.05, 4.69) is 35.8 Å². The normalized spacial score (nSPS) is 7.27. The van der Waals surface area contributed by atoms with E-state index in [9.17, 15) is 9.59 Å². The fourth-order valence-electron chi connectivity index (χ4n) is 0.307. The van der Waals surface area contributed by atoms with Crippen LogP contribution in [0.2, 0.25) is 0 Å². The van der Waals surface area contributed by atoms with Gasteiger partial charge in [-0.3, -0.25) is 0 Å². The second-order valence-electron chi connectivity index (χ2n) is 2.16. The van der Waals surface area contributed by atoms with Crippen LogP contribution in [0.25, 0.3) is 0 Å². The summed E-state index contributed by atoms with van der Waals surface area (Å²) in [6.07, 6.45) is 3.21. The number of carbonyl (C=O) groups is 2. The summed E-state index contributed by atoms with van der Waals surface area (Å²) in [7, 11) is 0. The summed E-state index contributed by atoms with van der Waals surface area (Å²) >= 11 is 0. The van der Waals surface area contributed by atoms with Crippen LogP contribution < -0.4 is 0 Å². The molecule has 0 fully saturated rings. The summed E-state index contributed by atoms with van der Waals surface area (Å²) in [6, 6.07) is 0. The molecule has 15 heavy (non-hydrogen) atoms. The Kier molecular flexibility index (Phi) is 10.2. The van der Waals surface area contributed by atoms with Crippen molar-refractivity contribution in [3.8, 4) is 0 Å². The summed E-state index contributed by atoms with van der Waals surface area (Å²) in [6.45, 7) is 14.4. The molecule has 0 atom stereocenters. The number of hydrogen-bond acceptors (Lipinski definition) is 4. The molecule has 0 saturated heterocycles. The van der Waals surface area contributed by atoms with E-state index in [1.165, 1.54) is 0 Å². The van der Waals surface area contributed by atoms with Gasteiger partial charge in [0, 0.05) is 11.6 Å². The van der Waals surface area contributed by atoms with Crippen molar-refractivity contribution in [1.82, 2.24) is 0 Å². The molecule has 4 nitrogen and oxygen atoms in total. The number of esters is 2. The van der Waals surface area contributed by atoms with Crippen LogP contribution in [0.15, 0.2) is 50.5 Å². The molecule has 4 heteroatoms. The highest BCUT2D eigenvalue weighted by molar-refractivity contribution is 5.87. The smallest absolute Gasteiger partial charge is 0.337 e. The number of carbonyl (C=O) groups excluding carboxylic acids is 2. The third-order valence-electron chi connectivity index (χ3n) is 0.905. The fourth-order valence-corrected chi connectivity index (χ4v) is 0.307. The molecule has 0 aliphatic rings. The van der Waals surface area contributed by atoms with Crippen LogP contribution in [-0.4, -0.2) is 11.9 Å². The SMILES string of the molecule is C=COC(=O)C(=C)C.C=COC(=O)C=C. The average Bonchev–Trinajstić information content (AvgIpc) is 2.19. The zero-order valence-corrected chi connectivity index (χ0v) is 8.69. The van der Waals surface area contributed by atoms with E-state index in [4.69, 9.17) is 0 Å². The molecule has 0 bridgehead atoms. The predicted molar refractivity (Wildman–Crippen MR) is 57.6 cm³/mol. The quantitative estimate of drug-likeness (QED) is 0.405. The Morgan fingerprint density at radius 2 is 1.53 bits per heavy atom. The van der Waals surface area contributed by atoms with Crippen molar-refractivity contribution in [2.45, 2.75) is 6.92 Å². The van der Waals surface area contributed by atoms with Gasteiger partial charge in [0.2, 0.25) is 0 Å². The highest BCUT2D eigenvalue weighted by atomic mass is 16.5. The van der Waals surface area contributed by atoms with E-state index in [1.807, 2.05) is 0 Å². The first kappa shape index (κ1) is 15.4. The highest BCUT2D eigenvalue weighted by Gasteiger charge is 1.97. The van der Waals surface area contributed by atoms with Crippen molar-refractivity contribution in [3.05, 3.63) is 50.5 Å². The lowest BCUT2D eigenvalue weighted by Gasteiger charge is -1.92. The summed E-state index contributed by atoms with van der Waals surface area (Å²) in [5, 5.41) is 0. The maximum absolute atomic E-state index is 10.3. The first-order valence-electron chi connectivity index (χ1n) is 3.90. The maximum Gasteiger partial charge on any atom is 0.337 e. The van der Waals surface area contributed by atoms with Crippen LogP contribution >= 0.6 is 0 Å². The molecule has 0 unspecified atom stereocenters. The zero-order chi connectivity index (χ0) is 12.3. The second kappa shape index (κ2) is 9.98. The Morgan fingerprint density at radius 3 is 1.67 bits per heavy atom. The number of hydrogen-bond donors (Lipinski definition) is 0. The molecular weight excluding hydrogens is 196 g/mol. The van der Waals surface area contributed by atoms with E-state index in [0.717, 1.165) is 18.6 Å². The van der Waals surface area contributed by atoms with Crippen molar-refractivity contribution < 1.29 is 19.1 Å². The molecule has 0 amide bonds. The monoisotopic (exact) mass is 210 g/mol. The van der Waals surface area contributed by atoms with Crippen LogP contribution in [-0.2, 0) is 19.1 Å². The van der Waals surface area contributed by atoms with E-state index in [0.29, 0.717) is 5.57 Å². The summed E-state index contributed by atoms with van der Waals surface area (Å²) in [4.78, 5) is 20.4. The molecule has 0 rings (SSSR count). The number of rotatable bonds is 4. The van der Waals surface area contributed by atoms with E-state index in [1.54, 1.807) is 6.92 Å². The van der Waals surface area contributed by atoms with Crippen LogP contribution in [0.3, 0.4) is 0 Å². The van der Waals surface area contributed by atoms with Gasteiger partial charge in [-0.1, -0.05) is 26.3 Å². The van der Waals surface area contributed by atoms with Gasteiger partial charge in [-0.15, -0.1) is 0 Å². The zero-order valence-electron chi connectivity index (χ0n) is 8.69. The Balaban J connectivity index is 0. The van der Waals surface area contributed by atoms with Gasteiger partial charge < -0.3 is 9.47 Å². The molecule has 0 saturated carbocycles. The summed E-state index contributed by atoms with van der Waals surface area (Å²) in [5.74, 6) is -0.907. The lowest BCUT2D eigenvalue weighted by molar-refractivity contribution is -0.133. The van der Waals surface area contributed by atoms with Gasteiger partial charge >= 0.3 is 11.9 Å². The molecule has 0 spiro atoms. The molecule has 0 heterocycles. The lowest BCUT2D eigenvalue weighted by Crippen LogP contribution is -1.98. The first-order valence-corrected chi connectivity index (χ1v) is 3.90. The van der Waals surface area contributed by atoms with Crippen molar-refractivity contribution in [1.29, 1.82) is 0 Å². The summed E-state index contributed by atoms with van der Waals surface area (Å²) < 4.78 is 8.53. The molecule has 0 aliphatic heterocycles. The van der Waals surface area contributed by atoms with Crippen molar-refractivity contribution in [2.24, 2.45) is 0 Å². The van der Waals surface area contributed by atoms with Crippen molar-refractivity contribution >= 4 is 11.9 Å². The minimum absolute atomic E-state index is 0.380. The Morgan fingerprint density at radius 1 is 1.07 bits per heavy atom. The van der Waals surface area contributed by atoms with Gasteiger partial charge in [-0.05, 0) is 6.92 Å². The molecule has 0 aliphatic carbocycles. The molecule has 0 aromatic heterocycles. The molecule has 0 aromatic rings. The Hall–Kier alpha value is -2.10. The van der Waals surface area contributed by atoms with Gasteiger partial charge in [0.25, 0.3) is 0 Å². The summed E-state index contributed by atoms with van der Waals surface area (Å²) in [5.41, 5.74) is 0.380. The highest BCUT2D eigenvalue weighted by Crippen LogP contribution is 1.90. The van der Waals surface area contributed by atoms with Gasteiger partial charge in [0.05, 0.1) is 12.5 Å². The molecule has 0 aromatic carbocycles. The third-order valence-corrected chi connectivity index (χ3v) is 0.905. The minimum Gasteiger partial charge on any atom is -0.432 e. The largest absolute Gasteiger partial charge is 0.432 e. The van der Waals surface area contributed by atoms with Crippen molar-refractivity contribution in [2.75, 3.05) is 0 Å². The average molecular weight is 210 g/mol. The predicted octanol–water partition coefficient (Wildman–Crippen LogP) is 2.11. The molecule has 0 N–H and O–H groups in total. The minimum atomic E-state index is -0.477. The van der Waals surface area contributed by atoms with E-state index >= 15 is 0 Å². The van der Waals surface area contributed by atoms with Crippen LogP contribution in [0, 0.1) is 0 Å². The van der Waals surface area contributed by atoms with Crippen molar-refractivity contribution in [3.63, 3.8) is 0 Å². The standard InChI is InChI=1S/C6H8O2.C5H6O2/c1-4-8-6(7)5(2)3;1-3-5(6)7-4-2/h4H,1-2H2,3H3;3-4H,1-2H2.